The van der Waals surface area contributed by atoms with Crippen molar-refractivity contribution in [1.82, 2.24) is 10.2 Å². The number of benzene rings is 3. The van der Waals surface area contributed by atoms with Crippen molar-refractivity contribution in [2.75, 3.05) is 20.3 Å². The lowest BCUT2D eigenvalue weighted by atomic mass is 10.0. The maximum atomic E-state index is 13.7. The van der Waals surface area contributed by atoms with Gasteiger partial charge >= 0.3 is 0 Å². The lowest BCUT2D eigenvalue weighted by Crippen LogP contribution is -2.51. The molecule has 2 amide bonds. The van der Waals surface area contributed by atoms with Gasteiger partial charge in [-0.25, -0.2) is 0 Å². The van der Waals surface area contributed by atoms with Crippen LogP contribution in [0.2, 0.25) is 10.0 Å². The third-order valence-electron chi connectivity index (χ3n) is 5.86. The Morgan fingerprint density at radius 3 is 2.30 bits per heavy atom. The number of hydrogen-bond donors (Lipinski definition) is 1. The number of methoxy groups -OCH3 is 1. The van der Waals surface area contributed by atoms with E-state index in [-0.39, 0.29) is 25.0 Å². The Balaban J connectivity index is 1.92. The molecule has 3 rings (SSSR count). The number of rotatable bonds is 13. The van der Waals surface area contributed by atoms with Crippen molar-refractivity contribution in [2.24, 2.45) is 0 Å². The highest BCUT2D eigenvalue weighted by Gasteiger charge is 2.31. The van der Waals surface area contributed by atoms with Crippen LogP contribution in [0.1, 0.15) is 30.9 Å². The van der Waals surface area contributed by atoms with Crippen LogP contribution in [-0.4, -0.2) is 43.0 Å². The Kier molecular flexibility index (Phi) is 11.1. The highest BCUT2D eigenvalue weighted by Crippen LogP contribution is 2.27. The average Bonchev–Trinajstić information content (AvgIpc) is 2.92. The van der Waals surface area contributed by atoms with E-state index in [0.29, 0.717) is 34.5 Å². The molecule has 0 radical (unpaired) electrons. The quantitative estimate of drug-likeness (QED) is 0.271. The van der Waals surface area contributed by atoms with E-state index in [1.54, 1.807) is 41.3 Å². The number of unbranched alkanes of at least 4 members (excludes halogenated alkanes) is 1. The van der Waals surface area contributed by atoms with Gasteiger partial charge in [-0.1, -0.05) is 85.1 Å². The summed E-state index contributed by atoms with van der Waals surface area (Å²) in [6, 6.07) is 21.2. The van der Waals surface area contributed by atoms with Gasteiger partial charge in [-0.3, -0.25) is 9.59 Å². The Morgan fingerprint density at radius 2 is 1.62 bits per heavy atom. The standard InChI is InChI=1S/C29H32Cl2N2O4/c1-3-4-16-32-29(35)25(18-21-10-6-5-7-11-21)33(19-22-14-15-23(30)24(31)17-22)28(34)20-37-27-13-9-8-12-26(27)36-2/h5-15,17,25H,3-4,16,18-20H2,1-2H3,(H,32,35)/t25-/m0/s1. The molecule has 0 saturated heterocycles. The minimum Gasteiger partial charge on any atom is -0.493 e. The van der Waals surface area contributed by atoms with Crippen LogP contribution < -0.4 is 14.8 Å². The lowest BCUT2D eigenvalue weighted by molar-refractivity contribution is -0.142. The maximum Gasteiger partial charge on any atom is 0.261 e. The highest BCUT2D eigenvalue weighted by atomic mass is 35.5. The molecule has 3 aromatic carbocycles. The molecule has 1 atom stereocenters. The Morgan fingerprint density at radius 1 is 0.919 bits per heavy atom. The third-order valence-corrected chi connectivity index (χ3v) is 6.60. The van der Waals surface area contributed by atoms with Crippen molar-refractivity contribution >= 4 is 35.0 Å². The van der Waals surface area contributed by atoms with Crippen molar-refractivity contribution in [3.8, 4) is 11.5 Å². The Bertz CT molecular complexity index is 1170. The van der Waals surface area contributed by atoms with Gasteiger partial charge in [0.05, 0.1) is 17.2 Å². The zero-order valence-corrected chi connectivity index (χ0v) is 22.6. The van der Waals surface area contributed by atoms with Crippen LogP contribution in [-0.2, 0) is 22.6 Å². The molecular formula is C29H32Cl2N2O4. The molecule has 0 fully saturated rings. The minimum atomic E-state index is -0.762. The van der Waals surface area contributed by atoms with E-state index in [0.717, 1.165) is 24.0 Å². The van der Waals surface area contributed by atoms with Crippen molar-refractivity contribution in [3.63, 3.8) is 0 Å². The van der Waals surface area contributed by atoms with Crippen LogP contribution in [0.5, 0.6) is 11.5 Å². The van der Waals surface area contributed by atoms with E-state index in [1.807, 2.05) is 36.4 Å². The molecule has 37 heavy (non-hydrogen) atoms. The molecule has 3 aromatic rings. The molecule has 6 nitrogen and oxygen atoms in total. The van der Waals surface area contributed by atoms with Gasteiger partial charge in [0, 0.05) is 19.5 Å². The Hall–Kier alpha value is -3.22. The normalized spacial score (nSPS) is 11.5. The average molecular weight is 543 g/mol. The first-order chi connectivity index (χ1) is 17.9. The van der Waals surface area contributed by atoms with Gasteiger partial charge in [-0.2, -0.15) is 0 Å². The second kappa shape index (κ2) is 14.5. The number of carbonyl (C=O) groups excluding carboxylic acids is 2. The summed E-state index contributed by atoms with van der Waals surface area (Å²) in [5.41, 5.74) is 1.69. The monoisotopic (exact) mass is 542 g/mol. The fourth-order valence-electron chi connectivity index (χ4n) is 3.86. The molecule has 0 aromatic heterocycles. The van der Waals surface area contributed by atoms with E-state index in [1.165, 1.54) is 7.11 Å². The number of nitrogens with one attached hydrogen (secondary N) is 1. The van der Waals surface area contributed by atoms with Crippen molar-refractivity contribution in [1.29, 1.82) is 0 Å². The number of hydrogen-bond acceptors (Lipinski definition) is 4. The van der Waals surface area contributed by atoms with E-state index in [2.05, 4.69) is 12.2 Å². The molecule has 1 N–H and O–H groups in total. The summed E-state index contributed by atoms with van der Waals surface area (Å²) in [5.74, 6) is 0.399. The molecule has 0 unspecified atom stereocenters. The second-order valence-corrected chi connectivity index (χ2v) is 9.37. The van der Waals surface area contributed by atoms with Crippen molar-refractivity contribution in [3.05, 3.63) is 94.0 Å². The topological polar surface area (TPSA) is 67.9 Å². The smallest absolute Gasteiger partial charge is 0.261 e. The van der Waals surface area contributed by atoms with Crippen molar-refractivity contribution < 1.29 is 19.1 Å². The van der Waals surface area contributed by atoms with Crippen LogP contribution >= 0.6 is 23.2 Å². The number of amides is 2. The first-order valence-electron chi connectivity index (χ1n) is 12.2. The number of halogens is 2. The summed E-state index contributed by atoms with van der Waals surface area (Å²) < 4.78 is 11.2. The van der Waals surface area contributed by atoms with E-state index < -0.39 is 6.04 Å². The molecule has 0 aliphatic rings. The number of para-hydroxylation sites is 2. The van der Waals surface area contributed by atoms with Crippen LogP contribution in [0, 0.1) is 0 Å². The van der Waals surface area contributed by atoms with Gasteiger partial charge in [0.1, 0.15) is 6.04 Å². The number of ether oxygens (including phenoxy) is 2. The van der Waals surface area contributed by atoms with Gasteiger partial charge < -0.3 is 19.7 Å². The van der Waals surface area contributed by atoms with Crippen LogP contribution in [0.3, 0.4) is 0 Å². The number of carbonyl (C=O) groups is 2. The maximum absolute atomic E-state index is 13.7. The summed E-state index contributed by atoms with van der Waals surface area (Å²) in [6.45, 7) is 2.48. The molecule has 0 bridgehead atoms. The van der Waals surface area contributed by atoms with Crippen LogP contribution in [0.4, 0.5) is 0 Å². The predicted octanol–water partition coefficient (Wildman–Crippen LogP) is 5.94. The first kappa shape index (κ1) is 28.4. The molecule has 0 heterocycles. The van der Waals surface area contributed by atoms with Gasteiger partial charge in [-0.05, 0) is 41.8 Å². The van der Waals surface area contributed by atoms with E-state index >= 15 is 0 Å². The molecule has 0 aliphatic heterocycles. The molecule has 0 saturated carbocycles. The van der Waals surface area contributed by atoms with Crippen molar-refractivity contribution in [2.45, 2.75) is 38.8 Å². The summed E-state index contributed by atoms with van der Waals surface area (Å²) in [4.78, 5) is 28.6. The second-order valence-electron chi connectivity index (χ2n) is 8.56. The summed E-state index contributed by atoms with van der Waals surface area (Å²) in [7, 11) is 1.54. The van der Waals surface area contributed by atoms with Crippen LogP contribution in [0.25, 0.3) is 0 Å². The summed E-state index contributed by atoms with van der Waals surface area (Å²) in [5, 5.41) is 3.79. The fourth-order valence-corrected chi connectivity index (χ4v) is 4.18. The largest absolute Gasteiger partial charge is 0.493 e. The fraction of sp³-hybridized carbons (Fsp3) is 0.310. The molecule has 196 valence electrons. The number of nitrogens with zero attached hydrogens (tertiary/aromatic N) is 1. The van der Waals surface area contributed by atoms with E-state index in [9.17, 15) is 9.59 Å². The van der Waals surface area contributed by atoms with Gasteiger partial charge in [0.25, 0.3) is 5.91 Å². The van der Waals surface area contributed by atoms with E-state index in [4.69, 9.17) is 32.7 Å². The predicted molar refractivity (Wildman–Crippen MR) is 147 cm³/mol. The zero-order chi connectivity index (χ0) is 26.6. The lowest BCUT2D eigenvalue weighted by Gasteiger charge is -2.31. The summed E-state index contributed by atoms with van der Waals surface area (Å²) >= 11 is 12.4. The minimum absolute atomic E-state index is 0.156. The molecule has 0 spiro atoms. The van der Waals surface area contributed by atoms with Gasteiger partial charge in [0.15, 0.2) is 18.1 Å². The zero-order valence-electron chi connectivity index (χ0n) is 21.1. The van der Waals surface area contributed by atoms with Gasteiger partial charge in [0.2, 0.25) is 5.91 Å². The Labute approximate surface area is 228 Å². The third kappa shape index (κ3) is 8.41. The van der Waals surface area contributed by atoms with Gasteiger partial charge in [-0.15, -0.1) is 0 Å². The SMILES string of the molecule is CCCCNC(=O)[C@H](Cc1ccccc1)N(Cc1ccc(Cl)c(Cl)c1)C(=O)COc1ccccc1OC. The highest BCUT2D eigenvalue weighted by molar-refractivity contribution is 6.42. The molecule has 0 aliphatic carbocycles. The molecular weight excluding hydrogens is 511 g/mol. The molecule has 8 heteroatoms. The summed E-state index contributed by atoms with van der Waals surface area (Å²) in [6.07, 6.45) is 2.14. The first-order valence-corrected chi connectivity index (χ1v) is 13.0. The van der Waals surface area contributed by atoms with Crippen LogP contribution in [0.15, 0.2) is 72.8 Å².